The Morgan fingerprint density at radius 1 is 1.12 bits per heavy atom. The van der Waals surface area contributed by atoms with E-state index < -0.39 is 5.60 Å². The van der Waals surface area contributed by atoms with E-state index in [1.165, 1.54) is 7.11 Å². The van der Waals surface area contributed by atoms with E-state index in [2.05, 4.69) is 20.2 Å². The van der Waals surface area contributed by atoms with E-state index in [0.29, 0.717) is 34.6 Å². The summed E-state index contributed by atoms with van der Waals surface area (Å²) in [5.74, 6) is 0.915. The molecule has 1 aliphatic rings. The number of ether oxygens (including phenoxy) is 1. The molecule has 0 aliphatic carbocycles. The molecule has 0 spiro atoms. The molecule has 4 rings (SSSR count). The summed E-state index contributed by atoms with van der Waals surface area (Å²) in [6.45, 7) is 8.83. The molecular formula is C30H38Cl2N4O4. The second-order valence-electron chi connectivity index (χ2n) is 11.3. The third kappa shape index (κ3) is 7.83. The van der Waals surface area contributed by atoms with E-state index in [4.69, 9.17) is 37.3 Å². The molecule has 1 N–H and O–H groups in total. The minimum absolute atomic E-state index is 0.125. The quantitative estimate of drug-likeness (QED) is 0.206. The van der Waals surface area contributed by atoms with E-state index in [1.54, 1.807) is 6.07 Å². The van der Waals surface area contributed by atoms with Gasteiger partial charge in [0.05, 0.1) is 28.0 Å². The van der Waals surface area contributed by atoms with Gasteiger partial charge in [0.1, 0.15) is 13.7 Å². The van der Waals surface area contributed by atoms with Gasteiger partial charge in [-0.2, -0.15) is 4.98 Å². The van der Waals surface area contributed by atoms with Gasteiger partial charge in [-0.25, -0.2) is 0 Å². The molecule has 2 heterocycles. The normalized spacial score (nSPS) is 17.1. The van der Waals surface area contributed by atoms with Crippen molar-refractivity contribution in [2.24, 2.45) is 5.16 Å². The fourth-order valence-corrected chi connectivity index (χ4v) is 5.23. The molecule has 0 amide bonds. The highest BCUT2D eigenvalue weighted by Crippen LogP contribution is 2.34. The van der Waals surface area contributed by atoms with Crippen molar-refractivity contribution in [2.45, 2.75) is 63.6 Å². The fraction of sp³-hybridized carbons (Fsp3) is 0.500. The van der Waals surface area contributed by atoms with Gasteiger partial charge in [0.25, 0.3) is 0 Å². The molecular weight excluding hydrogens is 551 g/mol. The van der Waals surface area contributed by atoms with E-state index in [1.807, 2.05) is 63.2 Å². The third-order valence-corrected chi connectivity index (χ3v) is 8.01. The number of benzene rings is 2. The summed E-state index contributed by atoms with van der Waals surface area (Å²) < 4.78 is 11.4. The Morgan fingerprint density at radius 2 is 1.85 bits per heavy atom. The van der Waals surface area contributed by atoms with Crippen LogP contribution in [0.2, 0.25) is 10.0 Å². The molecule has 3 aromatic rings. The zero-order valence-corrected chi connectivity index (χ0v) is 25.1. The van der Waals surface area contributed by atoms with Gasteiger partial charge in [-0.1, -0.05) is 90.7 Å². The topological polar surface area (TPSA) is 93.2 Å². The molecule has 40 heavy (non-hydrogen) atoms. The molecule has 1 aromatic heterocycles. The van der Waals surface area contributed by atoms with Crippen molar-refractivity contribution in [1.29, 1.82) is 0 Å². The first-order chi connectivity index (χ1) is 19.1. The lowest BCUT2D eigenvalue weighted by atomic mass is 9.84. The van der Waals surface area contributed by atoms with Crippen LogP contribution in [0.3, 0.4) is 0 Å². The molecule has 1 unspecified atom stereocenters. The Balaban J connectivity index is 1.43. The highest BCUT2D eigenvalue weighted by atomic mass is 35.5. The number of hydrogen-bond donors (Lipinski definition) is 1. The number of oxime groups is 1. The van der Waals surface area contributed by atoms with Gasteiger partial charge in [-0.05, 0) is 49.1 Å². The first-order valence-electron chi connectivity index (χ1n) is 13.5. The summed E-state index contributed by atoms with van der Waals surface area (Å²) in [5, 5.41) is 20.6. The van der Waals surface area contributed by atoms with Gasteiger partial charge < -0.3 is 24.1 Å². The number of likely N-dealkylation sites (tertiary alicyclic amines) is 1. The van der Waals surface area contributed by atoms with Crippen molar-refractivity contribution in [3.05, 3.63) is 81.4 Å². The smallest absolute Gasteiger partial charge is 0.232 e. The molecule has 1 saturated heterocycles. The summed E-state index contributed by atoms with van der Waals surface area (Å²) in [6.07, 6.45) is 2.11. The van der Waals surface area contributed by atoms with Crippen LogP contribution in [0.4, 0.5) is 0 Å². The van der Waals surface area contributed by atoms with Crippen molar-refractivity contribution in [1.82, 2.24) is 15.0 Å². The highest BCUT2D eigenvalue weighted by molar-refractivity contribution is 6.42. The van der Waals surface area contributed by atoms with Crippen LogP contribution in [0.1, 0.15) is 68.8 Å². The third-order valence-electron chi connectivity index (χ3n) is 7.28. The summed E-state index contributed by atoms with van der Waals surface area (Å²) in [5.41, 5.74) is 1.64. The molecule has 1 fully saturated rings. The zero-order chi connectivity index (χ0) is 28.8. The standard InChI is InChI=1S/C30H38Cl2N4O4/c1-29(2,3)28-33-27(35-40-28)20-39-19-26(34-38-4)23(21-10-11-24(31)25(32)18-21)12-15-36-16-13-30(37,14-17-36)22-8-6-5-7-9-22/h5-11,18,23,37H,12-17,19-20H2,1-4H3/b34-26+. The van der Waals surface area contributed by atoms with Crippen LogP contribution in [0.15, 0.2) is 58.2 Å². The van der Waals surface area contributed by atoms with Crippen molar-refractivity contribution >= 4 is 28.9 Å². The van der Waals surface area contributed by atoms with E-state index in [-0.39, 0.29) is 24.5 Å². The van der Waals surface area contributed by atoms with E-state index in [9.17, 15) is 5.11 Å². The molecule has 0 radical (unpaired) electrons. The summed E-state index contributed by atoms with van der Waals surface area (Å²) in [4.78, 5) is 12.1. The maximum Gasteiger partial charge on any atom is 0.232 e. The molecule has 0 saturated carbocycles. The Hall–Kier alpha value is -2.49. The van der Waals surface area contributed by atoms with Crippen LogP contribution in [0, 0.1) is 0 Å². The van der Waals surface area contributed by atoms with E-state index >= 15 is 0 Å². The predicted molar refractivity (Wildman–Crippen MR) is 157 cm³/mol. The van der Waals surface area contributed by atoms with Gasteiger partial charge in [-0.3, -0.25) is 0 Å². The highest BCUT2D eigenvalue weighted by Gasteiger charge is 2.34. The number of piperidine rings is 1. The molecule has 1 aliphatic heterocycles. The van der Waals surface area contributed by atoms with Crippen LogP contribution >= 0.6 is 23.2 Å². The average Bonchev–Trinajstić information content (AvgIpc) is 3.42. The zero-order valence-electron chi connectivity index (χ0n) is 23.6. The largest absolute Gasteiger partial charge is 0.399 e. The molecule has 216 valence electrons. The maximum absolute atomic E-state index is 11.2. The first kappa shape index (κ1) is 30.5. The maximum atomic E-state index is 11.2. The minimum Gasteiger partial charge on any atom is -0.399 e. The number of hydrogen-bond acceptors (Lipinski definition) is 8. The van der Waals surface area contributed by atoms with Crippen LogP contribution in [-0.2, 0) is 27.2 Å². The second-order valence-corrected chi connectivity index (χ2v) is 12.1. The van der Waals surface area contributed by atoms with Crippen molar-refractivity contribution in [2.75, 3.05) is 33.4 Å². The molecule has 8 nitrogen and oxygen atoms in total. The lowest BCUT2D eigenvalue weighted by molar-refractivity contribution is -0.0261. The van der Waals surface area contributed by atoms with Crippen molar-refractivity contribution in [3.8, 4) is 0 Å². The average molecular weight is 590 g/mol. The van der Waals surface area contributed by atoms with Crippen LogP contribution in [-0.4, -0.2) is 59.2 Å². The van der Waals surface area contributed by atoms with E-state index in [0.717, 1.165) is 42.9 Å². The lowest BCUT2D eigenvalue weighted by Crippen LogP contribution is -2.43. The van der Waals surface area contributed by atoms with Gasteiger partial charge >= 0.3 is 0 Å². The fourth-order valence-electron chi connectivity index (χ4n) is 4.92. The van der Waals surface area contributed by atoms with Crippen molar-refractivity contribution in [3.63, 3.8) is 0 Å². The molecule has 2 aromatic carbocycles. The number of aromatic nitrogens is 2. The summed E-state index contributed by atoms with van der Waals surface area (Å²) >= 11 is 12.6. The Morgan fingerprint density at radius 3 is 2.48 bits per heavy atom. The predicted octanol–water partition coefficient (Wildman–Crippen LogP) is 6.35. The number of nitrogens with zero attached hydrogens (tertiary/aromatic N) is 4. The first-order valence-corrected chi connectivity index (χ1v) is 14.3. The number of halogens is 2. The second kappa shape index (κ2) is 13.4. The van der Waals surface area contributed by atoms with Gasteiger partial charge in [0.15, 0.2) is 5.82 Å². The van der Waals surface area contributed by atoms with Crippen LogP contribution in [0.25, 0.3) is 0 Å². The van der Waals surface area contributed by atoms with Gasteiger partial charge in [0, 0.05) is 24.4 Å². The monoisotopic (exact) mass is 588 g/mol. The Labute approximate surface area is 246 Å². The van der Waals surface area contributed by atoms with Gasteiger partial charge in [0.2, 0.25) is 5.89 Å². The number of aliphatic hydroxyl groups is 1. The molecule has 0 bridgehead atoms. The number of rotatable bonds is 11. The van der Waals surface area contributed by atoms with Crippen molar-refractivity contribution < 1.29 is 19.2 Å². The van der Waals surface area contributed by atoms with Crippen LogP contribution < -0.4 is 0 Å². The van der Waals surface area contributed by atoms with Gasteiger partial charge in [-0.15, -0.1) is 0 Å². The Bertz CT molecular complexity index is 1270. The minimum atomic E-state index is -0.792. The summed E-state index contributed by atoms with van der Waals surface area (Å²) in [6, 6.07) is 15.6. The lowest BCUT2D eigenvalue weighted by Gasteiger charge is -2.39. The Kier molecular flexibility index (Phi) is 10.2. The molecule has 1 atom stereocenters. The molecule has 10 heteroatoms. The summed E-state index contributed by atoms with van der Waals surface area (Å²) in [7, 11) is 1.52. The SMILES string of the molecule is CO/N=C(\COCc1noc(C(C)(C)C)n1)C(CCN1CCC(O)(c2ccccc2)CC1)c1ccc(Cl)c(Cl)c1. The van der Waals surface area contributed by atoms with Crippen LogP contribution in [0.5, 0.6) is 0 Å².